The molecule has 1 N–H and O–H groups in total. The minimum absolute atomic E-state index is 0.457. The molecule has 0 aromatic rings. The number of alkyl halides is 1. The maximum atomic E-state index is 5.56. The van der Waals surface area contributed by atoms with Crippen LogP contribution < -0.4 is 5.32 Å². The van der Waals surface area contributed by atoms with E-state index in [0.29, 0.717) is 11.9 Å². The van der Waals surface area contributed by atoms with Crippen molar-refractivity contribution in [3.63, 3.8) is 0 Å². The molecule has 1 atom stereocenters. The molecule has 0 aliphatic carbocycles. The van der Waals surface area contributed by atoms with Crippen LogP contribution in [0.15, 0.2) is 0 Å². The molecule has 0 heterocycles. The molecule has 9 heavy (non-hydrogen) atoms. The highest BCUT2D eigenvalue weighted by Gasteiger charge is 1.94. The normalized spacial score (nSPS) is 13.7. The van der Waals surface area contributed by atoms with Crippen LogP contribution >= 0.6 is 23.4 Å². The molecule has 0 radical (unpaired) electrons. The van der Waals surface area contributed by atoms with E-state index < -0.39 is 0 Å². The third-order valence-corrected chi connectivity index (χ3v) is 2.11. The first-order chi connectivity index (χ1) is 4.31. The lowest BCUT2D eigenvalue weighted by Gasteiger charge is -2.07. The predicted octanol–water partition coefficient (Wildman–Crippen LogP) is 1.57. The molecule has 0 fully saturated rings. The Balaban J connectivity index is 2.88. The Kier molecular flexibility index (Phi) is 7.16. The van der Waals surface area contributed by atoms with Crippen molar-refractivity contribution in [1.29, 1.82) is 0 Å². The topological polar surface area (TPSA) is 12.0 Å². The summed E-state index contributed by atoms with van der Waals surface area (Å²) in [6.07, 6.45) is 2.10. The molecule has 0 saturated heterocycles. The SMILES string of the molecule is CSCCNC(C)CCl. The lowest BCUT2D eigenvalue weighted by atomic mass is 10.4. The van der Waals surface area contributed by atoms with Gasteiger partial charge in [-0.3, -0.25) is 0 Å². The highest BCUT2D eigenvalue weighted by Crippen LogP contribution is 1.89. The van der Waals surface area contributed by atoms with Crippen LogP contribution in [0.2, 0.25) is 0 Å². The van der Waals surface area contributed by atoms with Gasteiger partial charge in [-0.2, -0.15) is 11.8 Å². The molecule has 56 valence electrons. The molecule has 1 nitrogen and oxygen atoms in total. The van der Waals surface area contributed by atoms with Crippen molar-refractivity contribution in [3.8, 4) is 0 Å². The van der Waals surface area contributed by atoms with Gasteiger partial charge < -0.3 is 5.32 Å². The van der Waals surface area contributed by atoms with E-state index in [1.54, 1.807) is 0 Å². The Morgan fingerprint density at radius 1 is 1.67 bits per heavy atom. The van der Waals surface area contributed by atoms with E-state index in [0.717, 1.165) is 6.54 Å². The summed E-state index contributed by atoms with van der Waals surface area (Å²) in [7, 11) is 0. The number of hydrogen-bond acceptors (Lipinski definition) is 2. The van der Waals surface area contributed by atoms with Gasteiger partial charge in [0.1, 0.15) is 0 Å². The molecule has 0 saturated carbocycles. The fourth-order valence-electron chi connectivity index (χ4n) is 0.462. The number of rotatable bonds is 5. The van der Waals surface area contributed by atoms with Crippen molar-refractivity contribution >= 4 is 23.4 Å². The van der Waals surface area contributed by atoms with Crippen LogP contribution in [0.4, 0.5) is 0 Å². The second-order valence-corrected chi connectivity index (χ2v) is 3.30. The minimum atomic E-state index is 0.457. The van der Waals surface area contributed by atoms with Gasteiger partial charge in [0, 0.05) is 24.2 Å². The van der Waals surface area contributed by atoms with Gasteiger partial charge in [-0.05, 0) is 13.2 Å². The third-order valence-electron chi connectivity index (χ3n) is 1.03. The van der Waals surface area contributed by atoms with Crippen LogP contribution in [0.5, 0.6) is 0 Å². The number of halogens is 1. The summed E-state index contributed by atoms with van der Waals surface area (Å²) in [5.41, 5.74) is 0. The van der Waals surface area contributed by atoms with Crippen molar-refractivity contribution in [3.05, 3.63) is 0 Å². The van der Waals surface area contributed by atoms with Gasteiger partial charge in [-0.1, -0.05) is 0 Å². The van der Waals surface area contributed by atoms with E-state index in [2.05, 4.69) is 18.5 Å². The van der Waals surface area contributed by atoms with Gasteiger partial charge in [0.15, 0.2) is 0 Å². The molecule has 0 rings (SSSR count). The van der Waals surface area contributed by atoms with Crippen molar-refractivity contribution < 1.29 is 0 Å². The first-order valence-corrected chi connectivity index (χ1v) is 5.02. The Labute approximate surface area is 66.5 Å². The maximum absolute atomic E-state index is 5.56. The summed E-state index contributed by atoms with van der Waals surface area (Å²) >= 11 is 7.41. The van der Waals surface area contributed by atoms with Crippen molar-refractivity contribution in [2.75, 3.05) is 24.4 Å². The van der Waals surface area contributed by atoms with Crippen LogP contribution in [0, 0.1) is 0 Å². The molecular formula is C6H14ClNS. The first kappa shape index (κ1) is 9.60. The molecule has 1 unspecified atom stereocenters. The zero-order valence-corrected chi connectivity index (χ0v) is 7.56. The van der Waals surface area contributed by atoms with Crippen LogP contribution in [0.25, 0.3) is 0 Å². The molecule has 0 aromatic heterocycles. The number of hydrogen-bond donors (Lipinski definition) is 1. The van der Waals surface area contributed by atoms with Crippen LogP contribution in [-0.2, 0) is 0 Å². The van der Waals surface area contributed by atoms with Crippen molar-refractivity contribution in [2.45, 2.75) is 13.0 Å². The lowest BCUT2D eigenvalue weighted by Crippen LogP contribution is -2.29. The minimum Gasteiger partial charge on any atom is -0.312 e. The van der Waals surface area contributed by atoms with E-state index in [4.69, 9.17) is 11.6 Å². The summed E-state index contributed by atoms with van der Waals surface area (Å²) in [6.45, 7) is 3.16. The summed E-state index contributed by atoms with van der Waals surface area (Å²) in [4.78, 5) is 0. The Morgan fingerprint density at radius 2 is 2.33 bits per heavy atom. The first-order valence-electron chi connectivity index (χ1n) is 3.09. The molecule has 0 aromatic carbocycles. The average molecular weight is 168 g/mol. The highest BCUT2D eigenvalue weighted by atomic mass is 35.5. The lowest BCUT2D eigenvalue weighted by molar-refractivity contribution is 0.621. The van der Waals surface area contributed by atoms with Gasteiger partial charge in [0.2, 0.25) is 0 Å². The summed E-state index contributed by atoms with van der Waals surface area (Å²) in [6, 6.07) is 0.457. The third kappa shape index (κ3) is 6.49. The Hall–Kier alpha value is 0.600. The predicted molar refractivity (Wildman–Crippen MR) is 46.6 cm³/mol. The quantitative estimate of drug-likeness (QED) is 0.493. The fraction of sp³-hybridized carbons (Fsp3) is 1.00. The summed E-state index contributed by atoms with van der Waals surface area (Å²) < 4.78 is 0. The van der Waals surface area contributed by atoms with Crippen molar-refractivity contribution in [1.82, 2.24) is 5.32 Å². The van der Waals surface area contributed by atoms with Gasteiger partial charge >= 0.3 is 0 Å². The highest BCUT2D eigenvalue weighted by molar-refractivity contribution is 7.98. The van der Waals surface area contributed by atoms with Crippen LogP contribution in [-0.4, -0.2) is 30.5 Å². The zero-order chi connectivity index (χ0) is 7.11. The molecular weight excluding hydrogens is 154 g/mol. The Bertz CT molecular complexity index is 61.0. The summed E-state index contributed by atoms with van der Waals surface area (Å²) in [5, 5.41) is 3.28. The van der Waals surface area contributed by atoms with E-state index in [1.807, 2.05) is 11.8 Å². The molecule has 0 spiro atoms. The van der Waals surface area contributed by atoms with Gasteiger partial charge in [0.25, 0.3) is 0 Å². The molecule has 0 aliphatic rings. The van der Waals surface area contributed by atoms with Gasteiger partial charge in [0.05, 0.1) is 0 Å². The van der Waals surface area contributed by atoms with Gasteiger partial charge in [-0.25, -0.2) is 0 Å². The second-order valence-electron chi connectivity index (χ2n) is 2.00. The smallest absolute Gasteiger partial charge is 0.0374 e. The zero-order valence-electron chi connectivity index (χ0n) is 5.98. The Morgan fingerprint density at radius 3 is 2.78 bits per heavy atom. The molecule has 0 amide bonds. The van der Waals surface area contributed by atoms with Crippen LogP contribution in [0.1, 0.15) is 6.92 Å². The van der Waals surface area contributed by atoms with E-state index in [1.165, 1.54) is 5.75 Å². The van der Waals surface area contributed by atoms with E-state index in [-0.39, 0.29) is 0 Å². The van der Waals surface area contributed by atoms with Crippen LogP contribution in [0.3, 0.4) is 0 Å². The van der Waals surface area contributed by atoms with E-state index >= 15 is 0 Å². The number of nitrogens with one attached hydrogen (secondary N) is 1. The summed E-state index contributed by atoms with van der Waals surface area (Å²) in [5.74, 6) is 1.87. The van der Waals surface area contributed by atoms with Crippen molar-refractivity contribution in [2.24, 2.45) is 0 Å². The average Bonchev–Trinajstić information content (AvgIpc) is 1.89. The second kappa shape index (κ2) is 6.72. The molecule has 3 heteroatoms. The largest absolute Gasteiger partial charge is 0.312 e. The number of thioether (sulfide) groups is 1. The maximum Gasteiger partial charge on any atom is 0.0374 e. The molecule has 0 aliphatic heterocycles. The van der Waals surface area contributed by atoms with Gasteiger partial charge in [-0.15, -0.1) is 11.6 Å². The standard InChI is InChI=1S/C6H14ClNS/c1-6(5-7)8-3-4-9-2/h6,8H,3-5H2,1-2H3. The fourth-order valence-corrected chi connectivity index (χ4v) is 0.893. The molecule has 0 bridgehead atoms. The van der Waals surface area contributed by atoms with E-state index in [9.17, 15) is 0 Å². The monoisotopic (exact) mass is 167 g/mol.